The minimum Gasteiger partial charge on any atom is -0.369 e. The van der Waals surface area contributed by atoms with E-state index in [0.717, 1.165) is 37.4 Å². The largest absolute Gasteiger partial charge is 0.369 e. The van der Waals surface area contributed by atoms with E-state index in [9.17, 15) is 4.79 Å². The van der Waals surface area contributed by atoms with Crippen LogP contribution in [0.3, 0.4) is 0 Å². The molecule has 30 heavy (non-hydrogen) atoms. The van der Waals surface area contributed by atoms with Crippen molar-refractivity contribution in [1.82, 2.24) is 25.2 Å². The number of nitrogens with one attached hydrogen (secondary N) is 1. The van der Waals surface area contributed by atoms with Gasteiger partial charge in [0, 0.05) is 43.4 Å². The van der Waals surface area contributed by atoms with E-state index >= 15 is 0 Å². The molecular weight excluding hydrogens is 400 g/mol. The Morgan fingerprint density at radius 1 is 1.10 bits per heavy atom. The van der Waals surface area contributed by atoms with Gasteiger partial charge in [-0.2, -0.15) is 0 Å². The van der Waals surface area contributed by atoms with Crippen LogP contribution in [0.4, 0.5) is 5.69 Å². The van der Waals surface area contributed by atoms with Crippen molar-refractivity contribution in [3.63, 3.8) is 0 Å². The molecular formula is C22H25ClN6O. The second kappa shape index (κ2) is 8.85. The van der Waals surface area contributed by atoms with E-state index in [1.807, 2.05) is 31.2 Å². The highest BCUT2D eigenvalue weighted by Gasteiger charge is 2.20. The molecule has 0 atom stereocenters. The summed E-state index contributed by atoms with van der Waals surface area (Å²) in [6.45, 7) is 6.29. The van der Waals surface area contributed by atoms with Crippen LogP contribution in [0.2, 0.25) is 5.02 Å². The lowest BCUT2D eigenvalue weighted by molar-refractivity contribution is 0.0945. The maximum Gasteiger partial charge on any atom is 0.274 e. The molecule has 4 rings (SSSR count). The predicted octanol–water partition coefficient (Wildman–Crippen LogP) is 2.91. The van der Waals surface area contributed by atoms with Crippen LogP contribution >= 0.6 is 11.6 Å². The molecule has 0 spiro atoms. The molecule has 2 aromatic carbocycles. The van der Waals surface area contributed by atoms with Gasteiger partial charge >= 0.3 is 0 Å². The number of likely N-dealkylation sites (N-methyl/N-ethyl adjacent to an activating group) is 1. The van der Waals surface area contributed by atoms with Crippen molar-refractivity contribution in [2.75, 3.05) is 38.1 Å². The molecule has 0 saturated carbocycles. The van der Waals surface area contributed by atoms with E-state index in [-0.39, 0.29) is 5.91 Å². The fourth-order valence-corrected chi connectivity index (χ4v) is 3.85. The number of hydrogen-bond acceptors (Lipinski definition) is 5. The molecule has 3 aromatic rings. The first-order chi connectivity index (χ1) is 14.5. The number of anilines is 1. The van der Waals surface area contributed by atoms with Crippen LogP contribution in [0.5, 0.6) is 0 Å². The number of amides is 1. The quantitative estimate of drug-likeness (QED) is 0.682. The number of piperazine rings is 1. The number of hydrogen-bond donors (Lipinski definition) is 1. The standard InChI is InChI=1S/C22H25ClN6O/c1-16-21(25-26-29(16)19-8-5-7-18(23)14-19)22(30)24-15-17-6-3-4-9-20(17)28-12-10-27(2)11-13-28/h3-9,14H,10-13,15H2,1-2H3,(H,24,30). The van der Waals surface area contributed by atoms with Gasteiger partial charge in [0.1, 0.15) is 0 Å². The Hall–Kier alpha value is -2.90. The maximum atomic E-state index is 12.8. The number of para-hydroxylation sites is 1. The van der Waals surface area contributed by atoms with Gasteiger partial charge in [0.05, 0.1) is 11.4 Å². The molecule has 1 saturated heterocycles. The first-order valence-electron chi connectivity index (χ1n) is 10.0. The molecule has 1 aliphatic heterocycles. The fourth-order valence-electron chi connectivity index (χ4n) is 3.67. The Morgan fingerprint density at radius 2 is 1.87 bits per heavy atom. The smallest absolute Gasteiger partial charge is 0.274 e. The number of benzene rings is 2. The Bertz CT molecular complexity index is 1040. The number of carbonyl (C=O) groups excluding carboxylic acids is 1. The third-order valence-corrected chi connectivity index (χ3v) is 5.67. The van der Waals surface area contributed by atoms with E-state index in [1.54, 1.807) is 16.8 Å². The van der Waals surface area contributed by atoms with Crippen LogP contribution in [0.1, 0.15) is 21.7 Å². The molecule has 1 amide bonds. The summed E-state index contributed by atoms with van der Waals surface area (Å²) in [5.41, 5.74) is 4.02. The van der Waals surface area contributed by atoms with Gasteiger partial charge in [0.15, 0.2) is 5.69 Å². The molecule has 0 aliphatic carbocycles. The summed E-state index contributed by atoms with van der Waals surface area (Å²) >= 11 is 6.07. The number of halogens is 1. The maximum absolute atomic E-state index is 12.8. The number of rotatable bonds is 5. The lowest BCUT2D eigenvalue weighted by Crippen LogP contribution is -2.45. The fraction of sp³-hybridized carbons (Fsp3) is 0.318. The number of nitrogens with zero attached hydrogens (tertiary/aromatic N) is 5. The van der Waals surface area contributed by atoms with Gasteiger partial charge in [-0.05, 0) is 43.8 Å². The van der Waals surface area contributed by atoms with E-state index in [2.05, 4.69) is 44.6 Å². The van der Waals surface area contributed by atoms with E-state index in [4.69, 9.17) is 11.6 Å². The molecule has 1 aliphatic rings. The lowest BCUT2D eigenvalue weighted by atomic mass is 10.1. The van der Waals surface area contributed by atoms with Crippen LogP contribution in [0.25, 0.3) is 5.69 Å². The summed E-state index contributed by atoms with van der Waals surface area (Å²) in [5, 5.41) is 11.8. The molecule has 1 N–H and O–H groups in total. The van der Waals surface area contributed by atoms with E-state index in [0.29, 0.717) is 23.0 Å². The van der Waals surface area contributed by atoms with E-state index < -0.39 is 0 Å². The van der Waals surface area contributed by atoms with Gasteiger partial charge in [-0.3, -0.25) is 4.79 Å². The van der Waals surface area contributed by atoms with Gasteiger partial charge in [0.25, 0.3) is 5.91 Å². The van der Waals surface area contributed by atoms with Crippen molar-refractivity contribution in [3.8, 4) is 5.69 Å². The van der Waals surface area contributed by atoms with Gasteiger partial charge in [-0.15, -0.1) is 5.10 Å². The molecule has 2 heterocycles. The third kappa shape index (κ3) is 4.32. The summed E-state index contributed by atoms with van der Waals surface area (Å²) in [6, 6.07) is 15.5. The van der Waals surface area contributed by atoms with Crippen molar-refractivity contribution in [2.24, 2.45) is 0 Å². The van der Waals surface area contributed by atoms with Crippen molar-refractivity contribution in [3.05, 3.63) is 70.5 Å². The molecule has 1 fully saturated rings. The summed E-state index contributed by atoms with van der Waals surface area (Å²) in [5.74, 6) is -0.242. The van der Waals surface area contributed by atoms with Crippen LogP contribution in [-0.4, -0.2) is 59.0 Å². The summed E-state index contributed by atoms with van der Waals surface area (Å²) in [6.07, 6.45) is 0. The Labute approximate surface area is 181 Å². The average Bonchev–Trinajstić information content (AvgIpc) is 3.14. The van der Waals surface area contributed by atoms with Crippen LogP contribution in [-0.2, 0) is 6.54 Å². The SMILES string of the molecule is Cc1c(C(=O)NCc2ccccc2N2CCN(C)CC2)nnn1-c1cccc(Cl)c1. The first-order valence-corrected chi connectivity index (χ1v) is 10.4. The Kier molecular flexibility index (Phi) is 6.01. The van der Waals surface area contributed by atoms with E-state index in [1.165, 1.54) is 5.69 Å². The average molecular weight is 425 g/mol. The topological polar surface area (TPSA) is 66.3 Å². The highest BCUT2D eigenvalue weighted by molar-refractivity contribution is 6.30. The molecule has 0 unspecified atom stereocenters. The number of aromatic nitrogens is 3. The van der Waals surface area contributed by atoms with Gasteiger partial charge in [0.2, 0.25) is 0 Å². The van der Waals surface area contributed by atoms with Crippen LogP contribution in [0.15, 0.2) is 48.5 Å². The Balaban J connectivity index is 1.47. The van der Waals surface area contributed by atoms with Gasteiger partial charge in [-0.1, -0.05) is 41.1 Å². The molecule has 7 nitrogen and oxygen atoms in total. The third-order valence-electron chi connectivity index (χ3n) is 5.44. The lowest BCUT2D eigenvalue weighted by Gasteiger charge is -2.35. The molecule has 0 bridgehead atoms. The second-order valence-corrected chi connectivity index (χ2v) is 7.95. The normalized spacial score (nSPS) is 14.7. The van der Waals surface area contributed by atoms with Crippen molar-refractivity contribution < 1.29 is 4.79 Å². The zero-order chi connectivity index (χ0) is 21.1. The zero-order valence-electron chi connectivity index (χ0n) is 17.2. The molecule has 8 heteroatoms. The number of carbonyl (C=O) groups is 1. The molecule has 156 valence electrons. The first kappa shape index (κ1) is 20.4. The monoisotopic (exact) mass is 424 g/mol. The summed E-state index contributed by atoms with van der Waals surface area (Å²) in [4.78, 5) is 17.5. The van der Waals surface area contributed by atoms with Gasteiger partial charge < -0.3 is 15.1 Å². The molecule has 0 radical (unpaired) electrons. The highest BCUT2D eigenvalue weighted by Crippen LogP contribution is 2.22. The van der Waals surface area contributed by atoms with Crippen molar-refractivity contribution in [1.29, 1.82) is 0 Å². The summed E-state index contributed by atoms with van der Waals surface area (Å²) < 4.78 is 1.62. The predicted molar refractivity (Wildman–Crippen MR) is 118 cm³/mol. The Morgan fingerprint density at radius 3 is 2.63 bits per heavy atom. The highest BCUT2D eigenvalue weighted by atomic mass is 35.5. The van der Waals surface area contributed by atoms with Crippen molar-refractivity contribution in [2.45, 2.75) is 13.5 Å². The van der Waals surface area contributed by atoms with Gasteiger partial charge in [-0.25, -0.2) is 4.68 Å². The molecule has 1 aromatic heterocycles. The minimum atomic E-state index is -0.242. The van der Waals surface area contributed by atoms with Crippen molar-refractivity contribution >= 4 is 23.2 Å². The second-order valence-electron chi connectivity index (χ2n) is 7.52. The zero-order valence-corrected chi connectivity index (χ0v) is 17.9. The van der Waals surface area contributed by atoms with Crippen LogP contribution < -0.4 is 10.2 Å². The minimum absolute atomic E-state index is 0.242. The van der Waals surface area contributed by atoms with Crippen LogP contribution in [0, 0.1) is 6.92 Å². The summed E-state index contributed by atoms with van der Waals surface area (Å²) in [7, 11) is 2.14.